The van der Waals surface area contributed by atoms with Crippen LogP contribution in [0.3, 0.4) is 0 Å². The number of thiophene rings is 1. The number of rotatable bonds is 9. The highest BCUT2D eigenvalue weighted by Gasteiger charge is 2.05. The third kappa shape index (κ3) is 5.05. The van der Waals surface area contributed by atoms with E-state index in [1.165, 1.54) is 10.4 Å². The van der Waals surface area contributed by atoms with E-state index in [2.05, 4.69) is 57.1 Å². The quantitative estimate of drug-likeness (QED) is 0.520. The molecule has 0 saturated carbocycles. The highest BCUT2D eigenvalue weighted by molar-refractivity contribution is 7.13. The van der Waals surface area contributed by atoms with Crippen LogP contribution in [0.25, 0.3) is 21.7 Å². The van der Waals surface area contributed by atoms with E-state index >= 15 is 0 Å². The van der Waals surface area contributed by atoms with Crippen LogP contribution in [0.2, 0.25) is 0 Å². The minimum Gasteiger partial charge on any atom is -0.359 e. The summed E-state index contributed by atoms with van der Waals surface area (Å²) in [7, 11) is 1.69. The minimum absolute atomic E-state index is 0.130. The van der Waals surface area contributed by atoms with Crippen LogP contribution >= 0.6 is 11.3 Å². The number of hydrogen-bond donors (Lipinski definition) is 2. The fourth-order valence-corrected chi connectivity index (χ4v) is 3.68. The summed E-state index contributed by atoms with van der Waals surface area (Å²) < 4.78 is 0. The number of unbranched alkanes of at least 4 members (excludes halogenated alkanes) is 3. The second kappa shape index (κ2) is 9.34. The van der Waals surface area contributed by atoms with Gasteiger partial charge in [-0.3, -0.25) is 4.79 Å². The Balaban J connectivity index is 1.46. The highest BCUT2D eigenvalue weighted by atomic mass is 32.1. The Morgan fingerprint density at radius 1 is 1.08 bits per heavy atom. The first kappa shape index (κ1) is 18.4. The summed E-state index contributed by atoms with van der Waals surface area (Å²) in [6.07, 6.45) is 7.77. The summed E-state index contributed by atoms with van der Waals surface area (Å²) in [5, 5.41) is 4.76. The van der Waals surface area contributed by atoms with Crippen molar-refractivity contribution in [2.24, 2.45) is 0 Å². The highest BCUT2D eigenvalue weighted by Crippen LogP contribution is 2.27. The van der Waals surface area contributed by atoms with Gasteiger partial charge in [0, 0.05) is 24.8 Å². The van der Waals surface area contributed by atoms with E-state index in [9.17, 15) is 4.79 Å². The number of benzene rings is 1. The number of nitrogens with one attached hydrogen (secondary N) is 2. The van der Waals surface area contributed by atoms with Gasteiger partial charge in [-0.1, -0.05) is 43.2 Å². The summed E-state index contributed by atoms with van der Waals surface area (Å²) in [4.78, 5) is 20.4. The van der Waals surface area contributed by atoms with Gasteiger partial charge in [-0.25, -0.2) is 4.98 Å². The molecule has 26 heavy (non-hydrogen) atoms. The van der Waals surface area contributed by atoms with Crippen molar-refractivity contribution < 1.29 is 4.79 Å². The maximum atomic E-state index is 11.2. The number of aromatic amines is 1. The second-order valence-corrected chi connectivity index (χ2v) is 7.33. The van der Waals surface area contributed by atoms with Gasteiger partial charge in [-0.15, -0.1) is 11.3 Å². The Morgan fingerprint density at radius 2 is 1.85 bits per heavy atom. The van der Waals surface area contributed by atoms with E-state index in [0.29, 0.717) is 6.42 Å². The molecule has 3 rings (SSSR count). The van der Waals surface area contributed by atoms with Crippen molar-refractivity contribution >= 4 is 17.2 Å². The van der Waals surface area contributed by atoms with Crippen molar-refractivity contribution in [3.05, 3.63) is 53.8 Å². The van der Waals surface area contributed by atoms with E-state index in [4.69, 9.17) is 0 Å². The van der Waals surface area contributed by atoms with Crippen LogP contribution in [0.4, 0.5) is 0 Å². The Kier molecular flexibility index (Phi) is 6.61. The van der Waals surface area contributed by atoms with E-state index < -0.39 is 0 Å². The molecule has 2 N–H and O–H groups in total. The zero-order valence-corrected chi connectivity index (χ0v) is 15.9. The summed E-state index contributed by atoms with van der Waals surface area (Å²) in [6, 6.07) is 12.8. The van der Waals surface area contributed by atoms with Crippen molar-refractivity contribution in [2.45, 2.75) is 38.5 Å². The van der Waals surface area contributed by atoms with Gasteiger partial charge >= 0.3 is 0 Å². The first-order valence-electron chi connectivity index (χ1n) is 9.15. The number of aryl methyl sites for hydroxylation is 1. The molecule has 1 amide bonds. The van der Waals surface area contributed by atoms with Crippen LogP contribution in [0, 0.1) is 0 Å². The van der Waals surface area contributed by atoms with E-state index in [1.54, 1.807) is 18.4 Å². The van der Waals surface area contributed by atoms with E-state index in [1.807, 2.05) is 6.20 Å². The van der Waals surface area contributed by atoms with Crippen LogP contribution in [0.15, 0.2) is 48.0 Å². The molecule has 0 spiro atoms. The topological polar surface area (TPSA) is 57.8 Å². The van der Waals surface area contributed by atoms with Crippen LogP contribution in [0.5, 0.6) is 0 Å². The summed E-state index contributed by atoms with van der Waals surface area (Å²) in [6.45, 7) is 0. The standard InChI is InChI=1S/C21H25N3OS/c1-22-21(25)9-5-3-2-4-8-20-23-15-18(24-20)16-10-12-17(13-11-16)19-7-6-14-26-19/h6-7,10-15H,2-5,8-9H2,1H3,(H,22,25)(H,23,24). The smallest absolute Gasteiger partial charge is 0.219 e. The molecule has 4 nitrogen and oxygen atoms in total. The first-order chi connectivity index (χ1) is 12.8. The van der Waals surface area contributed by atoms with Crippen LogP contribution in [0.1, 0.15) is 37.9 Å². The van der Waals surface area contributed by atoms with Gasteiger partial charge in [0.05, 0.1) is 11.9 Å². The summed E-state index contributed by atoms with van der Waals surface area (Å²) >= 11 is 1.76. The van der Waals surface area contributed by atoms with Crippen molar-refractivity contribution in [1.82, 2.24) is 15.3 Å². The third-order valence-electron chi connectivity index (χ3n) is 4.48. The lowest BCUT2D eigenvalue weighted by molar-refractivity contribution is -0.120. The number of nitrogens with zero attached hydrogens (tertiary/aromatic N) is 1. The Hall–Kier alpha value is -2.40. The number of amides is 1. The normalized spacial score (nSPS) is 10.8. The number of carbonyl (C=O) groups excluding carboxylic acids is 1. The molecule has 0 aliphatic heterocycles. The van der Waals surface area contributed by atoms with Crippen LogP contribution < -0.4 is 5.32 Å². The average Bonchev–Trinajstić information content (AvgIpc) is 3.36. The number of H-pyrrole nitrogens is 1. The molecule has 2 aromatic heterocycles. The maximum absolute atomic E-state index is 11.2. The molecule has 0 bridgehead atoms. The summed E-state index contributed by atoms with van der Waals surface area (Å²) in [5.74, 6) is 1.17. The zero-order chi connectivity index (χ0) is 18.2. The molecule has 0 atom stereocenters. The van der Waals surface area contributed by atoms with Crippen LogP contribution in [-0.4, -0.2) is 22.9 Å². The third-order valence-corrected chi connectivity index (χ3v) is 5.40. The lowest BCUT2D eigenvalue weighted by Gasteiger charge is -2.02. The molecule has 2 heterocycles. The maximum Gasteiger partial charge on any atom is 0.219 e. The Bertz CT molecular complexity index is 806. The van der Waals surface area contributed by atoms with Crippen molar-refractivity contribution in [3.63, 3.8) is 0 Å². The molecular weight excluding hydrogens is 342 g/mol. The average molecular weight is 368 g/mol. The molecule has 0 saturated heterocycles. The molecule has 0 unspecified atom stereocenters. The Morgan fingerprint density at radius 3 is 2.58 bits per heavy atom. The molecule has 136 valence electrons. The lowest BCUT2D eigenvalue weighted by atomic mass is 10.1. The number of carbonyl (C=O) groups is 1. The largest absolute Gasteiger partial charge is 0.359 e. The molecule has 0 radical (unpaired) electrons. The molecular formula is C21H25N3OS. The summed E-state index contributed by atoms with van der Waals surface area (Å²) in [5.41, 5.74) is 3.48. The zero-order valence-electron chi connectivity index (χ0n) is 15.1. The molecule has 5 heteroatoms. The fourth-order valence-electron chi connectivity index (χ4n) is 2.95. The van der Waals surface area contributed by atoms with Gasteiger partial charge in [0.25, 0.3) is 0 Å². The van der Waals surface area contributed by atoms with E-state index in [0.717, 1.165) is 49.2 Å². The SMILES string of the molecule is CNC(=O)CCCCCCc1ncc(-c2ccc(-c3cccs3)cc2)[nH]1. The van der Waals surface area contributed by atoms with Gasteiger partial charge in [0.1, 0.15) is 5.82 Å². The first-order valence-corrected chi connectivity index (χ1v) is 10.0. The van der Waals surface area contributed by atoms with Gasteiger partial charge in [-0.2, -0.15) is 0 Å². The number of imidazole rings is 1. The van der Waals surface area contributed by atoms with E-state index in [-0.39, 0.29) is 5.91 Å². The number of hydrogen-bond acceptors (Lipinski definition) is 3. The minimum atomic E-state index is 0.130. The molecule has 0 aliphatic rings. The predicted octanol–water partition coefficient (Wildman–Crippen LogP) is 5.04. The van der Waals surface area contributed by atoms with Crippen molar-refractivity contribution in [1.29, 1.82) is 0 Å². The van der Waals surface area contributed by atoms with Crippen molar-refractivity contribution in [2.75, 3.05) is 7.05 Å². The second-order valence-electron chi connectivity index (χ2n) is 6.39. The monoisotopic (exact) mass is 367 g/mol. The predicted molar refractivity (Wildman–Crippen MR) is 108 cm³/mol. The Labute approximate surface area is 158 Å². The van der Waals surface area contributed by atoms with Gasteiger partial charge in [-0.05, 0) is 35.4 Å². The molecule has 0 aliphatic carbocycles. The lowest BCUT2D eigenvalue weighted by Crippen LogP contribution is -2.16. The van der Waals surface area contributed by atoms with Crippen LogP contribution in [-0.2, 0) is 11.2 Å². The van der Waals surface area contributed by atoms with Gasteiger partial charge < -0.3 is 10.3 Å². The van der Waals surface area contributed by atoms with Gasteiger partial charge in [0.2, 0.25) is 5.91 Å². The fraction of sp³-hybridized carbons (Fsp3) is 0.333. The number of aromatic nitrogens is 2. The molecule has 1 aromatic carbocycles. The van der Waals surface area contributed by atoms with Gasteiger partial charge in [0.15, 0.2) is 0 Å². The molecule has 0 fully saturated rings. The van der Waals surface area contributed by atoms with Crippen molar-refractivity contribution in [3.8, 4) is 21.7 Å². The molecule has 3 aromatic rings.